The maximum Gasteiger partial charge on any atom is 0.331 e. The lowest BCUT2D eigenvalue weighted by Gasteiger charge is -1.92. The average Bonchev–Trinajstić information content (AvgIpc) is 2.06. The van der Waals surface area contributed by atoms with Crippen molar-refractivity contribution in [3.05, 3.63) is 41.8 Å². The molecule has 1 aromatic carbocycles. The van der Waals surface area contributed by atoms with Gasteiger partial charge >= 0.3 is 5.95 Å². The van der Waals surface area contributed by atoms with Crippen molar-refractivity contribution in [2.75, 3.05) is 7.11 Å². The van der Waals surface area contributed by atoms with Crippen molar-refractivity contribution in [3.63, 3.8) is 0 Å². The van der Waals surface area contributed by atoms with Gasteiger partial charge in [-0.15, -0.1) is 0 Å². The van der Waals surface area contributed by atoms with Gasteiger partial charge in [0, 0.05) is 6.08 Å². The summed E-state index contributed by atoms with van der Waals surface area (Å²) in [5.74, 6) is -0.323. The van der Waals surface area contributed by atoms with Gasteiger partial charge in [0.1, 0.15) is 0 Å². The number of hydrogen-bond acceptors (Lipinski definition) is 1. The summed E-state index contributed by atoms with van der Waals surface area (Å²) in [6, 6.07) is 9.33. The first-order chi connectivity index (χ1) is 5.33. The van der Waals surface area contributed by atoms with E-state index >= 15 is 0 Å². The Hall–Kier alpha value is -1.44. The SMILES string of the molecule is COC([O])=Cc1ccccc1. The van der Waals surface area contributed by atoms with Gasteiger partial charge in [-0.05, 0) is 5.56 Å². The molecule has 0 aromatic heterocycles. The zero-order valence-electron chi connectivity index (χ0n) is 6.28. The van der Waals surface area contributed by atoms with Crippen LogP contribution in [0.3, 0.4) is 0 Å². The van der Waals surface area contributed by atoms with Crippen molar-refractivity contribution >= 4 is 6.08 Å². The first-order valence-corrected chi connectivity index (χ1v) is 3.30. The van der Waals surface area contributed by atoms with E-state index in [-0.39, 0.29) is 5.95 Å². The number of benzene rings is 1. The van der Waals surface area contributed by atoms with Gasteiger partial charge in [-0.25, -0.2) is 5.11 Å². The van der Waals surface area contributed by atoms with Crippen LogP contribution in [-0.2, 0) is 9.84 Å². The second kappa shape index (κ2) is 3.66. The van der Waals surface area contributed by atoms with Gasteiger partial charge in [-0.2, -0.15) is 0 Å². The van der Waals surface area contributed by atoms with Gasteiger partial charge in [-0.3, -0.25) is 0 Å². The van der Waals surface area contributed by atoms with Crippen molar-refractivity contribution in [1.29, 1.82) is 0 Å². The van der Waals surface area contributed by atoms with E-state index in [1.54, 1.807) is 0 Å². The first kappa shape index (κ1) is 7.66. The van der Waals surface area contributed by atoms with E-state index < -0.39 is 0 Å². The van der Waals surface area contributed by atoms with Gasteiger partial charge in [0.15, 0.2) is 0 Å². The third-order valence-electron chi connectivity index (χ3n) is 1.29. The van der Waals surface area contributed by atoms with Crippen LogP contribution >= 0.6 is 0 Å². The lowest BCUT2D eigenvalue weighted by atomic mass is 10.2. The minimum Gasteiger partial charge on any atom is -0.466 e. The van der Waals surface area contributed by atoms with Crippen LogP contribution in [0.15, 0.2) is 36.3 Å². The normalized spacial score (nSPS) is 11.2. The van der Waals surface area contributed by atoms with Crippen molar-refractivity contribution in [2.24, 2.45) is 0 Å². The molecule has 0 aliphatic rings. The highest BCUT2D eigenvalue weighted by Crippen LogP contribution is 2.04. The van der Waals surface area contributed by atoms with Crippen LogP contribution in [0.5, 0.6) is 0 Å². The molecule has 0 spiro atoms. The van der Waals surface area contributed by atoms with E-state index in [4.69, 9.17) is 0 Å². The van der Waals surface area contributed by atoms with Gasteiger partial charge in [0.2, 0.25) is 0 Å². The lowest BCUT2D eigenvalue weighted by molar-refractivity contribution is 0.0913. The topological polar surface area (TPSA) is 29.1 Å². The van der Waals surface area contributed by atoms with Crippen molar-refractivity contribution in [3.8, 4) is 0 Å². The molecule has 0 amide bonds. The predicted molar refractivity (Wildman–Crippen MR) is 42.1 cm³/mol. The lowest BCUT2D eigenvalue weighted by Crippen LogP contribution is -1.80. The molecule has 0 bridgehead atoms. The molecule has 1 radical (unpaired) electrons. The summed E-state index contributed by atoms with van der Waals surface area (Å²) in [7, 11) is 1.36. The Balaban J connectivity index is 2.79. The van der Waals surface area contributed by atoms with Crippen molar-refractivity contribution in [2.45, 2.75) is 0 Å². The summed E-state index contributed by atoms with van der Waals surface area (Å²) < 4.78 is 4.46. The largest absolute Gasteiger partial charge is 0.466 e. The Morgan fingerprint density at radius 1 is 1.36 bits per heavy atom. The van der Waals surface area contributed by atoms with E-state index in [0.717, 1.165) is 5.56 Å². The summed E-state index contributed by atoms with van der Waals surface area (Å²) in [6.45, 7) is 0. The highest BCUT2D eigenvalue weighted by Gasteiger charge is 1.91. The van der Waals surface area contributed by atoms with E-state index in [1.165, 1.54) is 13.2 Å². The zero-order valence-corrected chi connectivity index (χ0v) is 6.28. The Labute approximate surface area is 65.7 Å². The van der Waals surface area contributed by atoms with Crippen LogP contribution in [0.25, 0.3) is 6.08 Å². The second-order valence-electron chi connectivity index (χ2n) is 2.08. The third kappa shape index (κ3) is 2.34. The summed E-state index contributed by atoms with van der Waals surface area (Å²) in [5.41, 5.74) is 0.861. The van der Waals surface area contributed by atoms with E-state index in [1.807, 2.05) is 30.3 Å². The van der Waals surface area contributed by atoms with Gasteiger partial charge in [-0.1, -0.05) is 30.3 Å². The number of rotatable bonds is 2. The van der Waals surface area contributed by atoms with Crippen LogP contribution < -0.4 is 0 Å². The first-order valence-electron chi connectivity index (χ1n) is 3.30. The molecule has 1 rings (SSSR count). The molecule has 57 valence electrons. The van der Waals surface area contributed by atoms with E-state index in [9.17, 15) is 5.11 Å². The van der Waals surface area contributed by atoms with Crippen LogP contribution in [0.1, 0.15) is 5.56 Å². The standard InChI is InChI=1S/C9H9O2/c1-11-9(10)7-8-5-3-2-4-6-8/h2-7H,1H3. The molecule has 0 unspecified atom stereocenters. The van der Waals surface area contributed by atoms with Crippen LogP contribution in [0.2, 0.25) is 0 Å². The molecule has 0 fully saturated rings. The molecule has 2 heteroatoms. The molecule has 0 saturated carbocycles. The number of hydrogen-bond donors (Lipinski definition) is 0. The molecule has 11 heavy (non-hydrogen) atoms. The van der Waals surface area contributed by atoms with E-state index in [2.05, 4.69) is 4.74 Å². The molecular formula is C9H9O2. The smallest absolute Gasteiger partial charge is 0.331 e. The maximum atomic E-state index is 10.7. The monoisotopic (exact) mass is 149 g/mol. The van der Waals surface area contributed by atoms with Crippen LogP contribution in [0.4, 0.5) is 0 Å². The Morgan fingerprint density at radius 2 is 2.00 bits per heavy atom. The summed E-state index contributed by atoms with van der Waals surface area (Å²) in [4.78, 5) is 0. The van der Waals surface area contributed by atoms with Gasteiger partial charge in [0.25, 0.3) is 0 Å². The molecule has 1 aromatic rings. The van der Waals surface area contributed by atoms with Crippen molar-refractivity contribution in [1.82, 2.24) is 0 Å². The fraction of sp³-hybridized carbons (Fsp3) is 0.111. The molecule has 0 saturated heterocycles. The highest BCUT2D eigenvalue weighted by molar-refractivity contribution is 5.48. The Kier molecular flexibility index (Phi) is 2.55. The summed E-state index contributed by atoms with van der Waals surface area (Å²) in [6.07, 6.45) is 1.44. The highest BCUT2D eigenvalue weighted by atomic mass is 16.6. The van der Waals surface area contributed by atoms with Crippen LogP contribution in [-0.4, -0.2) is 7.11 Å². The Morgan fingerprint density at radius 3 is 2.55 bits per heavy atom. The fourth-order valence-electron chi connectivity index (χ4n) is 0.744. The molecule has 0 aliphatic carbocycles. The maximum absolute atomic E-state index is 10.7. The van der Waals surface area contributed by atoms with Crippen molar-refractivity contribution < 1.29 is 9.84 Å². The van der Waals surface area contributed by atoms with Crippen LogP contribution in [0, 0.1) is 0 Å². The molecule has 0 atom stereocenters. The minimum absolute atomic E-state index is 0.323. The molecule has 2 nitrogen and oxygen atoms in total. The summed E-state index contributed by atoms with van der Waals surface area (Å²) in [5, 5.41) is 10.7. The molecule has 0 aliphatic heterocycles. The third-order valence-corrected chi connectivity index (χ3v) is 1.29. The second-order valence-corrected chi connectivity index (χ2v) is 2.08. The summed E-state index contributed by atoms with van der Waals surface area (Å²) >= 11 is 0. The predicted octanol–water partition coefficient (Wildman–Crippen LogP) is 2.06. The average molecular weight is 149 g/mol. The van der Waals surface area contributed by atoms with Gasteiger partial charge in [0.05, 0.1) is 7.11 Å². The minimum atomic E-state index is -0.323. The Bertz CT molecular complexity index is 239. The molecule has 0 N–H and O–H groups in total. The zero-order chi connectivity index (χ0) is 8.10. The quantitative estimate of drug-likeness (QED) is 0.592. The van der Waals surface area contributed by atoms with Gasteiger partial charge < -0.3 is 4.74 Å². The number of ether oxygens (including phenoxy) is 1. The molecule has 0 heterocycles. The number of methoxy groups -OCH3 is 1. The van der Waals surface area contributed by atoms with E-state index in [0.29, 0.717) is 0 Å². The fourth-order valence-corrected chi connectivity index (χ4v) is 0.744. The molecular weight excluding hydrogens is 140 g/mol.